The molecule has 0 aliphatic heterocycles. The molecule has 1 N–H and O–H groups in total. The highest BCUT2D eigenvalue weighted by atomic mass is 16.2. The number of aromatic nitrogens is 1. The third kappa shape index (κ3) is 3.86. The molecule has 0 bridgehead atoms. The summed E-state index contributed by atoms with van der Waals surface area (Å²) in [6.45, 7) is 4.34. The van der Waals surface area contributed by atoms with Crippen LogP contribution in [-0.4, -0.2) is 41.8 Å². The van der Waals surface area contributed by atoms with Crippen LogP contribution in [0.3, 0.4) is 0 Å². The van der Waals surface area contributed by atoms with Crippen molar-refractivity contribution in [3.63, 3.8) is 0 Å². The van der Waals surface area contributed by atoms with Crippen LogP contribution in [0.25, 0.3) is 0 Å². The van der Waals surface area contributed by atoms with E-state index in [1.54, 1.807) is 30.3 Å². The van der Waals surface area contributed by atoms with E-state index in [2.05, 4.69) is 10.3 Å². The van der Waals surface area contributed by atoms with Gasteiger partial charge in [-0.1, -0.05) is 0 Å². The zero-order chi connectivity index (χ0) is 12.8. The third-order valence-corrected chi connectivity index (χ3v) is 2.46. The molecule has 0 aliphatic carbocycles. The van der Waals surface area contributed by atoms with Crippen molar-refractivity contribution in [3.8, 4) is 0 Å². The number of nitrogens with zero attached hydrogens (tertiary/aromatic N) is 2. The van der Waals surface area contributed by atoms with Gasteiger partial charge in [0.2, 0.25) is 5.91 Å². The normalized spacial score (nSPS) is 9.82. The van der Waals surface area contributed by atoms with Gasteiger partial charge in [0.05, 0.1) is 6.54 Å². The number of hydrogen-bond acceptors (Lipinski definition) is 3. The number of amides is 2. The Hall–Kier alpha value is -1.91. The molecule has 0 atom stereocenters. The van der Waals surface area contributed by atoms with E-state index in [1.165, 1.54) is 0 Å². The molecule has 0 saturated heterocycles. The predicted molar refractivity (Wildman–Crippen MR) is 64.6 cm³/mol. The second-order valence-corrected chi connectivity index (χ2v) is 3.78. The lowest BCUT2D eigenvalue weighted by Gasteiger charge is -2.14. The molecule has 5 heteroatoms. The molecular weight excluding hydrogens is 218 g/mol. The Labute approximate surface area is 101 Å². The van der Waals surface area contributed by atoms with Gasteiger partial charge in [0.1, 0.15) is 0 Å². The van der Waals surface area contributed by atoms with Crippen molar-refractivity contribution in [1.82, 2.24) is 15.2 Å². The van der Waals surface area contributed by atoms with Gasteiger partial charge in [-0.05, 0) is 26.0 Å². The summed E-state index contributed by atoms with van der Waals surface area (Å²) in [4.78, 5) is 28.7. The van der Waals surface area contributed by atoms with E-state index in [4.69, 9.17) is 0 Å². The van der Waals surface area contributed by atoms with Gasteiger partial charge in [0, 0.05) is 31.0 Å². The van der Waals surface area contributed by atoms with Gasteiger partial charge in [-0.3, -0.25) is 14.6 Å². The van der Waals surface area contributed by atoms with Crippen LogP contribution in [0.15, 0.2) is 18.3 Å². The summed E-state index contributed by atoms with van der Waals surface area (Å²) in [6.07, 6.45) is 1.57. The second kappa shape index (κ2) is 5.98. The lowest BCUT2D eigenvalue weighted by Crippen LogP contribution is -2.38. The average molecular weight is 235 g/mol. The number of pyridine rings is 1. The maximum absolute atomic E-state index is 11.7. The monoisotopic (exact) mass is 235 g/mol. The third-order valence-electron chi connectivity index (χ3n) is 2.46. The lowest BCUT2D eigenvalue weighted by atomic mass is 10.2. The number of hydrogen-bond donors (Lipinski definition) is 1. The van der Waals surface area contributed by atoms with E-state index in [1.807, 2.05) is 13.8 Å². The fourth-order valence-corrected chi connectivity index (χ4v) is 1.26. The van der Waals surface area contributed by atoms with Crippen LogP contribution in [0.2, 0.25) is 0 Å². The van der Waals surface area contributed by atoms with Gasteiger partial charge in [0.25, 0.3) is 5.91 Å². The standard InChI is InChI=1S/C12H17N3O2/c1-4-15(3)11(16)8-14-12(17)10-5-6-13-9(2)7-10/h5-7H,4,8H2,1-3H3,(H,14,17). The van der Waals surface area contributed by atoms with Gasteiger partial charge < -0.3 is 10.2 Å². The molecule has 92 valence electrons. The van der Waals surface area contributed by atoms with Crippen LogP contribution in [0.1, 0.15) is 23.0 Å². The minimum Gasteiger partial charge on any atom is -0.345 e. The minimum atomic E-state index is -0.256. The molecule has 0 saturated carbocycles. The van der Waals surface area contributed by atoms with E-state index >= 15 is 0 Å². The Bertz CT molecular complexity index is 418. The van der Waals surface area contributed by atoms with E-state index < -0.39 is 0 Å². The lowest BCUT2D eigenvalue weighted by molar-refractivity contribution is -0.128. The molecule has 1 aromatic rings. The Kier molecular flexibility index (Phi) is 4.63. The summed E-state index contributed by atoms with van der Waals surface area (Å²) in [5.41, 5.74) is 1.29. The first-order valence-corrected chi connectivity index (χ1v) is 5.49. The van der Waals surface area contributed by atoms with Gasteiger partial charge in [-0.15, -0.1) is 0 Å². The van der Waals surface area contributed by atoms with Crippen LogP contribution >= 0.6 is 0 Å². The molecule has 0 aliphatic rings. The highest BCUT2D eigenvalue weighted by molar-refractivity contribution is 5.96. The predicted octanol–water partition coefficient (Wildman–Crippen LogP) is 0.598. The summed E-state index contributed by atoms with van der Waals surface area (Å²) in [5, 5.41) is 2.58. The van der Waals surface area contributed by atoms with Crippen molar-refractivity contribution in [2.75, 3.05) is 20.1 Å². The molecule has 0 fully saturated rings. The topological polar surface area (TPSA) is 62.3 Å². The number of rotatable bonds is 4. The molecule has 1 heterocycles. The number of carbonyl (C=O) groups is 2. The molecule has 5 nitrogen and oxygen atoms in total. The van der Waals surface area contributed by atoms with Gasteiger partial charge in [-0.25, -0.2) is 0 Å². The van der Waals surface area contributed by atoms with Gasteiger partial charge in [0.15, 0.2) is 0 Å². The first kappa shape index (κ1) is 13.2. The minimum absolute atomic E-state index is 0.0184. The molecule has 1 aromatic heterocycles. The summed E-state index contributed by atoms with van der Waals surface area (Å²) in [5.74, 6) is -0.361. The van der Waals surface area contributed by atoms with Crippen molar-refractivity contribution in [2.24, 2.45) is 0 Å². The second-order valence-electron chi connectivity index (χ2n) is 3.78. The maximum Gasteiger partial charge on any atom is 0.251 e. The summed E-state index contributed by atoms with van der Waals surface area (Å²) in [7, 11) is 1.70. The smallest absolute Gasteiger partial charge is 0.251 e. The van der Waals surface area contributed by atoms with E-state index in [0.717, 1.165) is 5.69 Å². The SMILES string of the molecule is CCN(C)C(=O)CNC(=O)c1ccnc(C)c1. The Morgan fingerprint density at radius 2 is 2.18 bits per heavy atom. The fourth-order valence-electron chi connectivity index (χ4n) is 1.26. The van der Waals surface area contributed by atoms with Crippen LogP contribution in [0.4, 0.5) is 0 Å². The number of aryl methyl sites for hydroxylation is 1. The zero-order valence-corrected chi connectivity index (χ0v) is 10.4. The number of nitrogens with one attached hydrogen (secondary N) is 1. The Morgan fingerprint density at radius 3 is 2.76 bits per heavy atom. The number of likely N-dealkylation sites (N-methyl/N-ethyl adjacent to an activating group) is 1. The first-order chi connectivity index (χ1) is 8.04. The van der Waals surface area contributed by atoms with Crippen molar-refractivity contribution in [2.45, 2.75) is 13.8 Å². The maximum atomic E-state index is 11.7. The number of carbonyl (C=O) groups excluding carboxylic acids is 2. The molecule has 17 heavy (non-hydrogen) atoms. The largest absolute Gasteiger partial charge is 0.345 e. The van der Waals surface area contributed by atoms with Crippen LogP contribution in [-0.2, 0) is 4.79 Å². The zero-order valence-electron chi connectivity index (χ0n) is 10.4. The molecular formula is C12H17N3O2. The van der Waals surface area contributed by atoms with Crippen molar-refractivity contribution >= 4 is 11.8 Å². The van der Waals surface area contributed by atoms with Crippen molar-refractivity contribution in [1.29, 1.82) is 0 Å². The van der Waals surface area contributed by atoms with Gasteiger partial charge >= 0.3 is 0 Å². The summed E-state index contributed by atoms with van der Waals surface area (Å²) >= 11 is 0. The van der Waals surface area contributed by atoms with E-state index in [9.17, 15) is 9.59 Å². The molecule has 0 unspecified atom stereocenters. The molecule has 1 rings (SSSR count). The van der Waals surface area contributed by atoms with Crippen LogP contribution in [0.5, 0.6) is 0 Å². The highest BCUT2D eigenvalue weighted by Gasteiger charge is 2.10. The summed E-state index contributed by atoms with van der Waals surface area (Å²) in [6, 6.07) is 3.31. The summed E-state index contributed by atoms with van der Waals surface area (Å²) < 4.78 is 0. The van der Waals surface area contributed by atoms with Gasteiger partial charge in [-0.2, -0.15) is 0 Å². The Balaban J connectivity index is 2.53. The Morgan fingerprint density at radius 1 is 1.47 bits per heavy atom. The van der Waals surface area contributed by atoms with Crippen molar-refractivity contribution in [3.05, 3.63) is 29.6 Å². The quantitative estimate of drug-likeness (QED) is 0.831. The molecule has 2 amide bonds. The average Bonchev–Trinajstić information content (AvgIpc) is 2.34. The van der Waals surface area contributed by atoms with Crippen LogP contribution in [0, 0.1) is 6.92 Å². The van der Waals surface area contributed by atoms with E-state index in [-0.39, 0.29) is 18.4 Å². The first-order valence-electron chi connectivity index (χ1n) is 5.49. The van der Waals surface area contributed by atoms with E-state index in [0.29, 0.717) is 12.1 Å². The fraction of sp³-hybridized carbons (Fsp3) is 0.417. The van der Waals surface area contributed by atoms with Crippen LogP contribution < -0.4 is 5.32 Å². The molecule has 0 radical (unpaired) electrons. The molecule has 0 aromatic carbocycles. The van der Waals surface area contributed by atoms with Crippen molar-refractivity contribution < 1.29 is 9.59 Å². The highest BCUT2D eigenvalue weighted by Crippen LogP contribution is 2.00. The molecule has 0 spiro atoms.